The van der Waals surface area contributed by atoms with Crippen molar-refractivity contribution in [1.29, 1.82) is 0 Å². The third-order valence-electron chi connectivity index (χ3n) is 2.83. The van der Waals surface area contributed by atoms with Crippen molar-refractivity contribution in [3.05, 3.63) is 32.9 Å². The molecule has 2 aromatic rings. The number of halogens is 1. The van der Waals surface area contributed by atoms with Gasteiger partial charge in [-0.15, -0.1) is 22.7 Å². The first-order chi connectivity index (χ1) is 10.7. The van der Waals surface area contributed by atoms with Crippen LogP contribution in [0.25, 0.3) is 0 Å². The minimum atomic E-state index is 0.810. The van der Waals surface area contributed by atoms with Crippen LogP contribution in [-0.4, -0.2) is 42.2 Å². The van der Waals surface area contributed by atoms with Gasteiger partial charge in [-0.3, -0.25) is 4.99 Å². The zero-order valence-corrected chi connectivity index (χ0v) is 15.8. The van der Waals surface area contributed by atoms with Crippen molar-refractivity contribution in [3.63, 3.8) is 0 Å². The van der Waals surface area contributed by atoms with Crippen molar-refractivity contribution in [2.24, 2.45) is 4.99 Å². The fraction of sp³-hybridized carbons (Fsp3) is 0.429. The van der Waals surface area contributed by atoms with E-state index in [-0.39, 0.29) is 0 Å². The van der Waals surface area contributed by atoms with Gasteiger partial charge in [-0.25, -0.2) is 4.98 Å². The predicted molar refractivity (Wildman–Crippen MR) is 99.6 cm³/mol. The highest BCUT2D eigenvalue weighted by Crippen LogP contribution is 2.22. The molecule has 0 aliphatic carbocycles. The van der Waals surface area contributed by atoms with E-state index in [0.717, 1.165) is 39.9 Å². The number of thiophene rings is 1. The van der Waals surface area contributed by atoms with E-state index in [9.17, 15) is 0 Å². The Hall–Kier alpha value is -0.760. The number of nitrogens with one attached hydrogen (secondary N) is 1. The van der Waals surface area contributed by atoms with E-state index in [2.05, 4.69) is 26.3 Å². The molecule has 0 fully saturated rings. The van der Waals surface area contributed by atoms with Gasteiger partial charge < -0.3 is 10.2 Å². The maximum atomic E-state index is 5.97. The molecule has 2 rings (SSSR count). The lowest BCUT2D eigenvalue weighted by atomic mass is 10.4. The maximum Gasteiger partial charge on any atom is 0.193 e. The van der Waals surface area contributed by atoms with Gasteiger partial charge in [0, 0.05) is 42.8 Å². The van der Waals surface area contributed by atoms with Gasteiger partial charge in [0.2, 0.25) is 0 Å². The van der Waals surface area contributed by atoms with Crippen molar-refractivity contribution < 1.29 is 0 Å². The minimum absolute atomic E-state index is 0.810. The van der Waals surface area contributed by atoms with Crippen LogP contribution < -0.4 is 5.32 Å². The first-order valence-electron chi connectivity index (χ1n) is 6.87. The van der Waals surface area contributed by atoms with E-state index in [1.54, 1.807) is 34.4 Å². The largest absolute Gasteiger partial charge is 0.356 e. The first-order valence-corrected chi connectivity index (χ1v) is 9.93. The van der Waals surface area contributed by atoms with E-state index in [4.69, 9.17) is 11.6 Å². The standard InChI is InChI=1S/C14H19ClN4S3/c1-16-13(19(2)10-11-4-5-12(15)22-11)17-6-3-8-20-14-18-7-9-21-14/h4-5,7,9H,3,6,8,10H2,1-2H3,(H,16,17). The van der Waals surface area contributed by atoms with Gasteiger partial charge in [0.15, 0.2) is 5.96 Å². The molecule has 0 aliphatic rings. The van der Waals surface area contributed by atoms with Gasteiger partial charge in [0.1, 0.15) is 4.34 Å². The molecule has 0 spiro atoms. The average molecular weight is 375 g/mol. The fourth-order valence-electron chi connectivity index (χ4n) is 1.84. The summed E-state index contributed by atoms with van der Waals surface area (Å²) in [6.07, 6.45) is 2.92. The van der Waals surface area contributed by atoms with Gasteiger partial charge in [-0.2, -0.15) is 0 Å². The summed E-state index contributed by atoms with van der Waals surface area (Å²) in [4.78, 5) is 11.9. The van der Waals surface area contributed by atoms with E-state index >= 15 is 0 Å². The summed E-state index contributed by atoms with van der Waals surface area (Å²) >= 11 is 11.1. The molecule has 120 valence electrons. The van der Waals surface area contributed by atoms with Gasteiger partial charge >= 0.3 is 0 Å². The van der Waals surface area contributed by atoms with E-state index < -0.39 is 0 Å². The average Bonchev–Trinajstić information content (AvgIpc) is 3.14. The fourth-order valence-corrected chi connectivity index (χ4v) is 4.63. The summed E-state index contributed by atoms with van der Waals surface area (Å²) in [6.45, 7) is 1.71. The lowest BCUT2D eigenvalue weighted by Crippen LogP contribution is -2.38. The SMILES string of the molecule is CN=C(NCCCSc1nccs1)N(C)Cc1ccc(Cl)s1. The zero-order valence-electron chi connectivity index (χ0n) is 12.6. The van der Waals surface area contributed by atoms with Gasteiger partial charge in [-0.05, 0) is 18.6 Å². The highest BCUT2D eigenvalue weighted by atomic mass is 35.5. The third kappa shape index (κ3) is 5.79. The molecule has 22 heavy (non-hydrogen) atoms. The predicted octanol–water partition coefficient (Wildman–Crippen LogP) is 4.05. The van der Waals surface area contributed by atoms with Crippen LogP contribution in [0.2, 0.25) is 4.34 Å². The molecule has 4 nitrogen and oxygen atoms in total. The molecular weight excluding hydrogens is 356 g/mol. The van der Waals surface area contributed by atoms with Crippen LogP contribution >= 0.6 is 46.0 Å². The Bertz CT molecular complexity index is 583. The lowest BCUT2D eigenvalue weighted by Gasteiger charge is -2.21. The monoisotopic (exact) mass is 374 g/mol. The van der Waals surface area contributed by atoms with Crippen molar-refractivity contribution in [2.75, 3.05) is 26.4 Å². The molecule has 1 N–H and O–H groups in total. The van der Waals surface area contributed by atoms with E-state index in [0.29, 0.717) is 0 Å². The van der Waals surface area contributed by atoms with E-state index in [1.165, 1.54) is 4.88 Å². The summed E-state index contributed by atoms with van der Waals surface area (Å²) in [5, 5.41) is 5.40. The van der Waals surface area contributed by atoms with Gasteiger partial charge in [-0.1, -0.05) is 23.4 Å². The lowest BCUT2D eigenvalue weighted by molar-refractivity contribution is 0.481. The summed E-state index contributed by atoms with van der Waals surface area (Å²) in [7, 11) is 3.85. The Morgan fingerprint density at radius 2 is 2.36 bits per heavy atom. The topological polar surface area (TPSA) is 40.5 Å². The molecule has 0 saturated carbocycles. The molecule has 0 saturated heterocycles. The quantitative estimate of drug-likeness (QED) is 0.343. The van der Waals surface area contributed by atoms with Crippen LogP contribution in [0.1, 0.15) is 11.3 Å². The van der Waals surface area contributed by atoms with Crippen LogP contribution in [0, 0.1) is 0 Å². The van der Waals surface area contributed by atoms with Crippen molar-refractivity contribution in [1.82, 2.24) is 15.2 Å². The second-order valence-electron chi connectivity index (χ2n) is 4.54. The Labute approximate surface area is 148 Å². The molecule has 0 radical (unpaired) electrons. The van der Waals surface area contributed by atoms with Crippen LogP contribution in [-0.2, 0) is 6.54 Å². The smallest absolute Gasteiger partial charge is 0.193 e. The summed E-state index contributed by atoms with van der Waals surface area (Å²) in [5.74, 6) is 1.96. The van der Waals surface area contributed by atoms with E-state index in [1.807, 2.05) is 31.7 Å². The second-order valence-corrected chi connectivity index (χ2v) is 8.57. The Kier molecular flexibility index (Phi) is 7.51. The second kappa shape index (κ2) is 9.39. The van der Waals surface area contributed by atoms with Crippen molar-refractivity contribution in [2.45, 2.75) is 17.3 Å². The van der Waals surface area contributed by atoms with Gasteiger partial charge in [0.25, 0.3) is 0 Å². The summed E-state index contributed by atoms with van der Waals surface area (Å²) in [5.41, 5.74) is 0. The molecular formula is C14H19ClN4S3. The Morgan fingerprint density at radius 1 is 1.50 bits per heavy atom. The number of rotatable bonds is 7. The highest BCUT2D eigenvalue weighted by molar-refractivity contribution is 8.00. The number of thiazole rings is 1. The number of aliphatic imine (C=N–C) groups is 1. The van der Waals surface area contributed by atoms with Crippen molar-refractivity contribution in [3.8, 4) is 0 Å². The van der Waals surface area contributed by atoms with Crippen LogP contribution in [0.3, 0.4) is 0 Å². The van der Waals surface area contributed by atoms with Crippen LogP contribution in [0.5, 0.6) is 0 Å². The number of hydrogen-bond acceptors (Lipinski definition) is 5. The Morgan fingerprint density at radius 3 is 3.00 bits per heavy atom. The number of nitrogens with zero attached hydrogens (tertiary/aromatic N) is 3. The number of aromatic nitrogens is 1. The number of hydrogen-bond donors (Lipinski definition) is 1. The Balaban J connectivity index is 1.68. The molecule has 0 aromatic carbocycles. The third-order valence-corrected chi connectivity index (χ3v) is 6.10. The van der Waals surface area contributed by atoms with Crippen molar-refractivity contribution >= 4 is 52.0 Å². The molecule has 2 heterocycles. The molecule has 0 amide bonds. The van der Waals surface area contributed by atoms with Crippen LogP contribution in [0.15, 0.2) is 33.0 Å². The molecule has 2 aromatic heterocycles. The first kappa shape index (κ1) is 17.6. The van der Waals surface area contributed by atoms with Gasteiger partial charge in [0.05, 0.1) is 10.9 Å². The highest BCUT2D eigenvalue weighted by Gasteiger charge is 2.07. The molecule has 0 bridgehead atoms. The number of guanidine groups is 1. The zero-order chi connectivity index (χ0) is 15.8. The number of thioether (sulfide) groups is 1. The summed E-state index contributed by atoms with van der Waals surface area (Å²) in [6, 6.07) is 3.99. The van der Waals surface area contributed by atoms with Crippen LogP contribution in [0.4, 0.5) is 0 Å². The molecule has 0 aliphatic heterocycles. The summed E-state index contributed by atoms with van der Waals surface area (Å²) < 4.78 is 1.96. The maximum absolute atomic E-state index is 5.97. The minimum Gasteiger partial charge on any atom is -0.356 e. The normalized spacial score (nSPS) is 11.7. The molecule has 8 heteroatoms. The molecule has 0 unspecified atom stereocenters. The molecule has 0 atom stereocenters.